The molecule has 0 aromatic heterocycles. The van der Waals surface area contributed by atoms with Crippen LogP contribution in [0.25, 0.3) is 0 Å². The second-order valence-corrected chi connectivity index (χ2v) is 6.53. The van der Waals surface area contributed by atoms with Crippen LogP contribution in [0.3, 0.4) is 0 Å². The number of piperidine rings is 1. The third-order valence-electron chi connectivity index (χ3n) is 3.44. The molecule has 7 nitrogen and oxygen atoms in total. The van der Waals surface area contributed by atoms with Crippen LogP contribution in [-0.2, 0) is 23.9 Å². The Hall–Kier alpha value is -1.92. The van der Waals surface area contributed by atoms with Gasteiger partial charge in [-0.25, -0.2) is 9.59 Å². The largest absolute Gasteiger partial charge is 0.460 e. The van der Waals surface area contributed by atoms with E-state index >= 15 is 0 Å². The van der Waals surface area contributed by atoms with Crippen LogP contribution in [0.15, 0.2) is 0 Å². The second kappa shape index (κ2) is 8.08. The lowest BCUT2D eigenvalue weighted by atomic mass is 9.90. The van der Waals surface area contributed by atoms with Crippen molar-refractivity contribution in [2.24, 2.45) is 5.92 Å². The molecule has 23 heavy (non-hydrogen) atoms. The Bertz CT molecular complexity index is 471. The summed E-state index contributed by atoms with van der Waals surface area (Å²) >= 11 is 0. The van der Waals surface area contributed by atoms with Gasteiger partial charge in [-0.2, -0.15) is 0 Å². The maximum absolute atomic E-state index is 12.1. The van der Waals surface area contributed by atoms with Crippen LogP contribution >= 0.6 is 0 Å². The number of hydrogen-bond donors (Lipinski definition) is 0. The van der Waals surface area contributed by atoms with Crippen LogP contribution < -0.4 is 0 Å². The predicted molar refractivity (Wildman–Crippen MR) is 81.8 cm³/mol. The Balaban J connectivity index is 2.44. The zero-order valence-corrected chi connectivity index (χ0v) is 14.2. The quantitative estimate of drug-likeness (QED) is 0.434. The molecule has 0 aromatic rings. The molecular weight excluding hydrogens is 302 g/mol. The molecule has 1 aliphatic rings. The highest BCUT2D eigenvalue weighted by molar-refractivity contribution is 6.37. The van der Waals surface area contributed by atoms with Crippen LogP contribution in [-0.4, -0.2) is 53.8 Å². The molecule has 1 heterocycles. The number of ether oxygens (including phenoxy) is 2. The highest BCUT2D eigenvalue weighted by atomic mass is 16.6. The van der Waals surface area contributed by atoms with E-state index < -0.39 is 29.9 Å². The van der Waals surface area contributed by atoms with Gasteiger partial charge >= 0.3 is 12.1 Å². The molecule has 0 aromatic carbocycles. The average molecular weight is 327 g/mol. The minimum atomic E-state index is -0.966. The average Bonchev–Trinajstić information content (AvgIpc) is 2.45. The van der Waals surface area contributed by atoms with E-state index in [0.717, 1.165) is 0 Å². The molecule has 1 fully saturated rings. The Morgan fingerprint density at radius 2 is 1.65 bits per heavy atom. The molecule has 1 saturated heterocycles. The van der Waals surface area contributed by atoms with Gasteiger partial charge in [-0.15, -0.1) is 0 Å². The molecule has 0 aliphatic carbocycles. The number of nitrogens with zero attached hydrogens (tertiary/aromatic N) is 1. The first-order valence-corrected chi connectivity index (χ1v) is 7.84. The van der Waals surface area contributed by atoms with Gasteiger partial charge in [0.05, 0.1) is 13.0 Å². The third-order valence-corrected chi connectivity index (χ3v) is 3.44. The van der Waals surface area contributed by atoms with Crippen LogP contribution in [0.1, 0.15) is 47.0 Å². The van der Waals surface area contributed by atoms with E-state index in [1.54, 1.807) is 32.6 Å². The van der Waals surface area contributed by atoms with Crippen LogP contribution in [0.4, 0.5) is 4.79 Å². The fraction of sp³-hybridized carbons (Fsp3) is 0.750. The summed E-state index contributed by atoms with van der Waals surface area (Å²) < 4.78 is 9.86. The van der Waals surface area contributed by atoms with Crippen molar-refractivity contribution in [3.8, 4) is 0 Å². The number of carbonyl (C=O) groups excluding carboxylic acids is 4. The minimum Gasteiger partial charge on any atom is -0.460 e. The van der Waals surface area contributed by atoms with Crippen LogP contribution in [0.5, 0.6) is 0 Å². The zero-order chi connectivity index (χ0) is 17.6. The van der Waals surface area contributed by atoms with E-state index in [1.807, 2.05) is 0 Å². The van der Waals surface area contributed by atoms with Crippen molar-refractivity contribution in [2.45, 2.75) is 52.6 Å². The summed E-state index contributed by atoms with van der Waals surface area (Å²) in [5.41, 5.74) is -0.560. The summed E-state index contributed by atoms with van der Waals surface area (Å²) in [5, 5.41) is 0. The normalized spacial score (nSPS) is 15.9. The summed E-state index contributed by atoms with van der Waals surface area (Å²) in [7, 11) is 0. The highest BCUT2D eigenvalue weighted by Crippen LogP contribution is 2.21. The molecule has 0 N–H and O–H groups in total. The summed E-state index contributed by atoms with van der Waals surface area (Å²) in [4.78, 5) is 48.3. The molecule has 1 aliphatic heterocycles. The van der Waals surface area contributed by atoms with Crippen molar-refractivity contribution in [3.63, 3.8) is 0 Å². The monoisotopic (exact) mass is 327 g/mol. The van der Waals surface area contributed by atoms with Gasteiger partial charge in [-0.1, -0.05) is 0 Å². The van der Waals surface area contributed by atoms with E-state index in [2.05, 4.69) is 4.74 Å². The zero-order valence-electron chi connectivity index (χ0n) is 14.2. The van der Waals surface area contributed by atoms with E-state index in [1.165, 1.54) is 0 Å². The van der Waals surface area contributed by atoms with Gasteiger partial charge in [0, 0.05) is 19.0 Å². The summed E-state index contributed by atoms with van der Waals surface area (Å²) in [5.74, 6) is -2.36. The summed E-state index contributed by atoms with van der Waals surface area (Å²) in [6.45, 7) is 7.89. The number of rotatable bonds is 5. The number of likely N-dealkylation sites (tertiary alicyclic amines) is 1. The van der Waals surface area contributed by atoms with Crippen LogP contribution in [0.2, 0.25) is 0 Å². The van der Waals surface area contributed by atoms with Gasteiger partial charge in [0.25, 0.3) is 0 Å². The lowest BCUT2D eigenvalue weighted by Crippen LogP contribution is -2.43. The Kier molecular flexibility index (Phi) is 6.72. The Labute approximate surface area is 136 Å². The molecule has 0 spiro atoms. The van der Waals surface area contributed by atoms with Crippen LogP contribution in [0, 0.1) is 5.92 Å². The number of amides is 1. The Morgan fingerprint density at radius 1 is 1.09 bits per heavy atom. The maximum Gasteiger partial charge on any atom is 0.410 e. The van der Waals surface area contributed by atoms with Crippen molar-refractivity contribution < 1.29 is 28.7 Å². The standard InChI is InChI=1S/C16H25NO6/c1-5-22-14(20)13(19)10-12(18)11-6-8-17(9-7-11)15(21)23-16(2,3)4/h11H,5-10H2,1-4H3. The fourth-order valence-corrected chi connectivity index (χ4v) is 2.30. The third kappa shape index (κ3) is 6.38. The lowest BCUT2D eigenvalue weighted by molar-refractivity contribution is -0.154. The molecule has 130 valence electrons. The molecule has 0 unspecified atom stereocenters. The number of Topliss-reactive ketones (excluding diaryl/α,β-unsaturated/α-hetero) is 2. The number of esters is 1. The van der Waals surface area contributed by atoms with Gasteiger partial charge in [-0.3, -0.25) is 9.59 Å². The smallest absolute Gasteiger partial charge is 0.410 e. The SMILES string of the molecule is CCOC(=O)C(=O)CC(=O)C1CCN(C(=O)OC(C)(C)C)CC1. The van der Waals surface area contributed by atoms with Gasteiger partial charge in [0.1, 0.15) is 11.4 Å². The molecule has 0 radical (unpaired) electrons. The molecule has 0 atom stereocenters. The Morgan fingerprint density at radius 3 is 2.13 bits per heavy atom. The second-order valence-electron chi connectivity index (χ2n) is 6.53. The first-order chi connectivity index (χ1) is 10.6. The predicted octanol–water partition coefficient (Wildman–Crippen LogP) is 1.72. The minimum absolute atomic E-state index is 0.104. The number of hydrogen-bond acceptors (Lipinski definition) is 6. The highest BCUT2D eigenvalue weighted by Gasteiger charge is 2.31. The van der Waals surface area contributed by atoms with Crippen molar-refractivity contribution >= 4 is 23.6 Å². The molecule has 1 rings (SSSR count). The van der Waals surface area contributed by atoms with E-state index in [9.17, 15) is 19.2 Å². The maximum atomic E-state index is 12.1. The first-order valence-electron chi connectivity index (χ1n) is 7.84. The van der Waals surface area contributed by atoms with E-state index in [-0.39, 0.29) is 18.3 Å². The molecule has 0 bridgehead atoms. The molecule has 1 amide bonds. The van der Waals surface area contributed by atoms with Gasteiger partial charge < -0.3 is 14.4 Å². The molecule has 7 heteroatoms. The molecular formula is C16H25NO6. The van der Waals surface area contributed by atoms with E-state index in [0.29, 0.717) is 25.9 Å². The van der Waals surface area contributed by atoms with Gasteiger partial charge in [0.15, 0.2) is 0 Å². The van der Waals surface area contributed by atoms with Crippen molar-refractivity contribution in [1.29, 1.82) is 0 Å². The van der Waals surface area contributed by atoms with Gasteiger partial charge in [0.2, 0.25) is 5.78 Å². The number of ketones is 2. The van der Waals surface area contributed by atoms with Crippen molar-refractivity contribution in [2.75, 3.05) is 19.7 Å². The summed E-state index contributed by atoms with van der Waals surface area (Å²) in [6.07, 6.45) is 0.101. The topological polar surface area (TPSA) is 90.0 Å². The lowest BCUT2D eigenvalue weighted by Gasteiger charge is -2.32. The van der Waals surface area contributed by atoms with Crippen molar-refractivity contribution in [1.82, 2.24) is 4.90 Å². The molecule has 0 saturated carbocycles. The number of carbonyl (C=O) groups is 4. The van der Waals surface area contributed by atoms with Gasteiger partial charge in [-0.05, 0) is 40.5 Å². The summed E-state index contributed by atoms with van der Waals surface area (Å²) in [6, 6.07) is 0. The first kappa shape index (κ1) is 19.1. The van der Waals surface area contributed by atoms with Crippen molar-refractivity contribution in [3.05, 3.63) is 0 Å². The fourth-order valence-electron chi connectivity index (χ4n) is 2.30. The van der Waals surface area contributed by atoms with E-state index in [4.69, 9.17) is 4.74 Å².